The molecule has 0 amide bonds. The van der Waals surface area contributed by atoms with Crippen molar-refractivity contribution >= 4 is 5.69 Å². The van der Waals surface area contributed by atoms with E-state index in [-0.39, 0.29) is 5.75 Å². The fourth-order valence-corrected chi connectivity index (χ4v) is 3.02. The number of phenolic OH excluding ortho intramolecular Hbond substituents is 1. The molecule has 1 aromatic carbocycles. The molecule has 1 aromatic rings. The molecule has 2 heteroatoms. The van der Waals surface area contributed by atoms with E-state index in [0.29, 0.717) is 11.6 Å². The van der Waals surface area contributed by atoms with Gasteiger partial charge in [0.25, 0.3) is 0 Å². The van der Waals surface area contributed by atoms with Crippen molar-refractivity contribution in [2.45, 2.75) is 51.4 Å². The summed E-state index contributed by atoms with van der Waals surface area (Å²) < 4.78 is 0. The molecule has 0 atom stereocenters. The normalized spacial score (nSPS) is 24.8. The van der Waals surface area contributed by atoms with Gasteiger partial charge in [0, 0.05) is 0 Å². The molecule has 1 fully saturated rings. The predicted molar refractivity (Wildman–Crippen MR) is 72.1 cm³/mol. The molecule has 1 aliphatic carbocycles. The monoisotopic (exact) mass is 233 g/mol. The molecule has 2 nitrogen and oxygen atoms in total. The van der Waals surface area contributed by atoms with Crippen molar-refractivity contribution in [3.63, 3.8) is 0 Å². The molecule has 0 heterocycles. The lowest BCUT2D eigenvalue weighted by Gasteiger charge is -2.28. The van der Waals surface area contributed by atoms with Crippen LogP contribution in [0.2, 0.25) is 0 Å². The van der Waals surface area contributed by atoms with Crippen molar-refractivity contribution in [1.82, 2.24) is 0 Å². The average Bonchev–Trinajstić information content (AvgIpc) is 2.34. The highest BCUT2D eigenvalue weighted by atomic mass is 16.3. The quantitative estimate of drug-likeness (QED) is 0.611. The molecule has 3 N–H and O–H groups in total. The highest BCUT2D eigenvalue weighted by Crippen LogP contribution is 2.38. The zero-order valence-electron chi connectivity index (χ0n) is 10.7. The van der Waals surface area contributed by atoms with Crippen molar-refractivity contribution in [1.29, 1.82) is 0 Å². The van der Waals surface area contributed by atoms with Gasteiger partial charge in [-0.3, -0.25) is 0 Å². The number of hydrogen-bond acceptors (Lipinski definition) is 2. The molecular formula is C15H23NO. The lowest BCUT2D eigenvalue weighted by atomic mass is 9.77. The van der Waals surface area contributed by atoms with Crippen molar-refractivity contribution in [3.05, 3.63) is 23.8 Å². The Labute approximate surface area is 104 Å². The topological polar surface area (TPSA) is 46.2 Å². The molecule has 0 unspecified atom stereocenters. The van der Waals surface area contributed by atoms with Crippen LogP contribution < -0.4 is 5.73 Å². The van der Waals surface area contributed by atoms with Gasteiger partial charge in [0.05, 0.1) is 5.69 Å². The fraction of sp³-hybridized carbons (Fsp3) is 0.600. The van der Waals surface area contributed by atoms with E-state index in [1.54, 1.807) is 6.07 Å². The maximum absolute atomic E-state index is 9.43. The van der Waals surface area contributed by atoms with Crippen LogP contribution in [0.5, 0.6) is 5.75 Å². The van der Waals surface area contributed by atoms with Crippen molar-refractivity contribution in [2.24, 2.45) is 5.92 Å². The van der Waals surface area contributed by atoms with Gasteiger partial charge in [-0.05, 0) is 55.2 Å². The molecular weight excluding hydrogens is 210 g/mol. The molecule has 1 aliphatic rings. The van der Waals surface area contributed by atoms with Crippen LogP contribution in [0.1, 0.15) is 56.9 Å². The highest BCUT2D eigenvalue weighted by Gasteiger charge is 2.22. The molecule has 1 saturated carbocycles. The fourth-order valence-electron chi connectivity index (χ4n) is 3.02. The Balaban J connectivity index is 1.98. The highest BCUT2D eigenvalue weighted by molar-refractivity contribution is 5.53. The third-order valence-corrected chi connectivity index (χ3v) is 4.07. The molecule has 0 bridgehead atoms. The van der Waals surface area contributed by atoms with Gasteiger partial charge >= 0.3 is 0 Å². The Morgan fingerprint density at radius 1 is 1.24 bits per heavy atom. The second-order valence-corrected chi connectivity index (χ2v) is 5.32. The number of benzene rings is 1. The number of nitrogen functional groups attached to an aromatic ring is 1. The summed E-state index contributed by atoms with van der Waals surface area (Å²) in [5.74, 6) is 1.78. The standard InChI is InChI=1S/C15H23NO/c1-2-3-11-4-6-12(7-5-11)13-8-9-15(17)14(16)10-13/h8-12,17H,2-7,16H2,1H3/t11-,12-. The van der Waals surface area contributed by atoms with Crippen LogP contribution >= 0.6 is 0 Å². The van der Waals surface area contributed by atoms with E-state index >= 15 is 0 Å². The van der Waals surface area contributed by atoms with Gasteiger partial charge in [-0.1, -0.05) is 25.8 Å². The molecule has 0 radical (unpaired) electrons. The molecule has 0 aliphatic heterocycles. The van der Waals surface area contributed by atoms with Gasteiger partial charge in [-0.25, -0.2) is 0 Å². The second kappa shape index (κ2) is 5.44. The van der Waals surface area contributed by atoms with E-state index in [0.717, 1.165) is 5.92 Å². The number of rotatable bonds is 3. The van der Waals surface area contributed by atoms with Crippen LogP contribution in [0, 0.1) is 5.92 Å². The van der Waals surface area contributed by atoms with Crippen LogP contribution in [-0.4, -0.2) is 5.11 Å². The van der Waals surface area contributed by atoms with E-state index in [9.17, 15) is 5.11 Å². The minimum atomic E-state index is 0.202. The Morgan fingerprint density at radius 3 is 2.53 bits per heavy atom. The van der Waals surface area contributed by atoms with Crippen LogP contribution in [0.15, 0.2) is 18.2 Å². The lowest BCUT2D eigenvalue weighted by Crippen LogP contribution is -2.13. The first-order chi connectivity index (χ1) is 8.20. The summed E-state index contributed by atoms with van der Waals surface area (Å²) in [4.78, 5) is 0. The average molecular weight is 233 g/mol. The minimum absolute atomic E-state index is 0.202. The van der Waals surface area contributed by atoms with Gasteiger partial charge in [0.15, 0.2) is 0 Å². The van der Waals surface area contributed by atoms with E-state index < -0.39 is 0 Å². The van der Waals surface area contributed by atoms with Crippen LogP contribution in [0.4, 0.5) is 5.69 Å². The number of phenols is 1. The van der Waals surface area contributed by atoms with Crippen LogP contribution in [0.3, 0.4) is 0 Å². The van der Waals surface area contributed by atoms with Gasteiger partial charge < -0.3 is 10.8 Å². The SMILES string of the molecule is CCC[C@H]1CC[C@H](c2ccc(O)c(N)c2)CC1. The number of anilines is 1. The Hall–Kier alpha value is -1.18. The molecule has 94 valence electrons. The molecule has 0 aromatic heterocycles. The zero-order valence-corrected chi connectivity index (χ0v) is 10.7. The van der Waals surface area contributed by atoms with Crippen molar-refractivity contribution in [3.8, 4) is 5.75 Å². The molecule has 2 rings (SSSR count). The number of aromatic hydroxyl groups is 1. The zero-order chi connectivity index (χ0) is 12.3. The van der Waals surface area contributed by atoms with Gasteiger partial charge in [0.1, 0.15) is 5.75 Å². The van der Waals surface area contributed by atoms with Crippen molar-refractivity contribution < 1.29 is 5.11 Å². The van der Waals surface area contributed by atoms with Crippen LogP contribution in [0.25, 0.3) is 0 Å². The maximum Gasteiger partial charge on any atom is 0.138 e. The third-order valence-electron chi connectivity index (χ3n) is 4.07. The van der Waals surface area contributed by atoms with E-state index in [1.807, 2.05) is 12.1 Å². The molecule has 0 spiro atoms. The largest absolute Gasteiger partial charge is 0.506 e. The van der Waals surface area contributed by atoms with Crippen LogP contribution in [-0.2, 0) is 0 Å². The predicted octanol–water partition coefficient (Wildman–Crippen LogP) is 4.05. The Bertz CT molecular complexity index is 367. The smallest absolute Gasteiger partial charge is 0.138 e. The van der Waals surface area contributed by atoms with E-state index in [1.165, 1.54) is 44.1 Å². The first kappa shape index (κ1) is 12.3. The summed E-state index contributed by atoms with van der Waals surface area (Å²) in [5, 5.41) is 9.43. The summed E-state index contributed by atoms with van der Waals surface area (Å²) in [6.45, 7) is 2.27. The summed E-state index contributed by atoms with van der Waals surface area (Å²) in [6, 6.07) is 5.69. The van der Waals surface area contributed by atoms with E-state index in [4.69, 9.17) is 5.73 Å². The number of hydrogen-bond donors (Lipinski definition) is 2. The summed E-state index contributed by atoms with van der Waals surface area (Å²) in [7, 11) is 0. The first-order valence-electron chi connectivity index (χ1n) is 6.79. The van der Waals surface area contributed by atoms with Gasteiger partial charge in [-0.2, -0.15) is 0 Å². The van der Waals surface area contributed by atoms with Gasteiger partial charge in [-0.15, -0.1) is 0 Å². The second-order valence-electron chi connectivity index (χ2n) is 5.32. The Morgan fingerprint density at radius 2 is 1.94 bits per heavy atom. The maximum atomic E-state index is 9.43. The summed E-state index contributed by atoms with van der Waals surface area (Å²) in [6.07, 6.45) is 7.92. The molecule has 17 heavy (non-hydrogen) atoms. The molecule has 0 saturated heterocycles. The van der Waals surface area contributed by atoms with Gasteiger partial charge in [0.2, 0.25) is 0 Å². The third kappa shape index (κ3) is 2.93. The van der Waals surface area contributed by atoms with Crippen molar-refractivity contribution in [2.75, 3.05) is 5.73 Å². The lowest BCUT2D eigenvalue weighted by molar-refractivity contribution is 0.308. The first-order valence-corrected chi connectivity index (χ1v) is 6.79. The summed E-state index contributed by atoms with van der Waals surface area (Å²) in [5.41, 5.74) is 7.57. The Kier molecular flexibility index (Phi) is 3.93. The number of nitrogens with two attached hydrogens (primary N) is 1. The van der Waals surface area contributed by atoms with E-state index in [2.05, 4.69) is 6.92 Å². The summed E-state index contributed by atoms with van der Waals surface area (Å²) >= 11 is 0. The minimum Gasteiger partial charge on any atom is -0.506 e.